The van der Waals surface area contributed by atoms with E-state index in [9.17, 15) is 14.4 Å². The van der Waals surface area contributed by atoms with Crippen molar-refractivity contribution in [1.29, 1.82) is 0 Å². The number of allylic oxidation sites excluding steroid dienone is 1. The van der Waals surface area contributed by atoms with Gasteiger partial charge in [-0.05, 0) is 19.4 Å². The molecule has 0 aliphatic rings. The average Bonchev–Trinajstić information content (AvgIpc) is 2.33. The molecule has 6 nitrogen and oxygen atoms in total. The largest absolute Gasteiger partial charge is 0.469 e. The van der Waals surface area contributed by atoms with Crippen molar-refractivity contribution in [2.24, 2.45) is 0 Å². The van der Waals surface area contributed by atoms with E-state index in [1.807, 2.05) is 0 Å². The number of hydrogen-bond donors (Lipinski definition) is 1. The minimum Gasteiger partial charge on any atom is -0.469 e. The second kappa shape index (κ2) is 8.32. The van der Waals surface area contributed by atoms with Crippen molar-refractivity contribution in [1.82, 2.24) is 5.32 Å². The summed E-state index contributed by atoms with van der Waals surface area (Å²) in [7, 11) is 2.48. The van der Waals surface area contributed by atoms with E-state index in [0.717, 1.165) is 0 Å². The highest BCUT2D eigenvalue weighted by atomic mass is 16.5. The Morgan fingerprint density at radius 3 is 2.35 bits per heavy atom. The number of ether oxygens (including phenoxy) is 2. The van der Waals surface area contributed by atoms with Crippen LogP contribution in [0.2, 0.25) is 0 Å². The van der Waals surface area contributed by atoms with Gasteiger partial charge in [-0.2, -0.15) is 0 Å². The standard InChI is InChI=1S/C11H17NO5/c1-4-5-9(13)12-8(11(15)17-3)6-7-10(14)16-2/h4-5,8H,6-7H2,1-3H3,(H,12,13)/b5-4+. The van der Waals surface area contributed by atoms with Crippen LogP contribution in [0.4, 0.5) is 0 Å². The van der Waals surface area contributed by atoms with Gasteiger partial charge in [-0.15, -0.1) is 0 Å². The van der Waals surface area contributed by atoms with Gasteiger partial charge >= 0.3 is 11.9 Å². The molecule has 96 valence electrons. The summed E-state index contributed by atoms with van der Waals surface area (Å²) in [4.78, 5) is 33.5. The predicted octanol–water partition coefficient (Wildman–Crippen LogP) is 0.173. The van der Waals surface area contributed by atoms with Gasteiger partial charge in [0.05, 0.1) is 14.2 Å². The van der Waals surface area contributed by atoms with Gasteiger partial charge in [-0.3, -0.25) is 9.59 Å². The normalized spacial score (nSPS) is 11.9. The number of carbonyl (C=O) groups is 3. The molecule has 6 heteroatoms. The Morgan fingerprint density at radius 1 is 1.24 bits per heavy atom. The summed E-state index contributed by atoms with van der Waals surface area (Å²) in [5.74, 6) is -1.45. The van der Waals surface area contributed by atoms with Crippen molar-refractivity contribution in [3.63, 3.8) is 0 Å². The summed E-state index contributed by atoms with van der Waals surface area (Å²) < 4.78 is 8.98. The van der Waals surface area contributed by atoms with E-state index in [2.05, 4.69) is 14.8 Å². The van der Waals surface area contributed by atoms with E-state index < -0.39 is 23.9 Å². The third kappa shape index (κ3) is 6.34. The Bertz CT molecular complexity index is 311. The number of amides is 1. The van der Waals surface area contributed by atoms with Crippen molar-refractivity contribution >= 4 is 17.8 Å². The smallest absolute Gasteiger partial charge is 0.328 e. The van der Waals surface area contributed by atoms with Crippen molar-refractivity contribution in [3.05, 3.63) is 12.2 Å². The molecule has 0 rings (SSSR count). The highest BCUT2D eigenvalue weighted by Crippen LogP contribution is 2.01. The maximum Gasteiger partial charge on any atom is 0.328 e. The molecule has 0 heterocycles. The molecule has 1 atom stereocenters. The molecule has 0 radical (unpaired) electrons. The Morgan fingerprint density at radius 2 is 1.88 bits per heavy atom. The number of nitrogens with one attached hydrogen (secondary N) is 1. The zero-order chi connectivity index (χ0) is 13.3. The van der Waals surface area contributed by atoms with E-state index in [1.54, 1.807) is 13.0 Å². The lowest BCUT2D eigenvalue weighted by Crippen LogP contribution is -2.41. The lowest BCUT2D eigenvalue weighted by molar-refractivity contribution is -0.146. The molecule has 0 bridgehead atoms. The van der Waals surface area contributed by atoms with Gasteiger partial charge in [0, 0.05) is 6.42 Å². The van der Waals surface area contributed by atoms with Gasteiger partial charge in [-0.1, -0.05) is 6.08 Å². The fourth-order valence-electron chi connectivity index (χ4n) is 1.13. The molecule has 0 aromatic heterocycles. The summed E-state index contributed by atoms with van der Waals surface area (Å²) in [6.07, 6.45) is 3.01. The van der Waals surface area contributed by atoms with E-state index in [1.165, 1.54) is 20.3 Å². The first-order valence-electron chi connectivity index (χ1n) is 5.13. The number of hydrogen-bond acceptors (Lipinski definition) is 5. The first kappa shape index (κ1) is 15.2. The monoisotopic (exact) mass is 243 g/mol. The van der Waals surface area contributed by atoms with E-state index in [4.69, 9.17) is 0 Å². The second-order valence-electron chi connectivity index (χ2n) is 3.20. The minimum atomic E-state index is -0.845. The Balaban J connectivity index is 4.38. The molecule has 0 aliphatic heterocycles. The third-order valence-electron chi connectivity index (χ3n) is 1.99. The zero-order valence-electron chi connectivity index (χ0n) is 10.2. The molecule has 1 amide bonds. The summed E-state index contributed by atoms with van der Waals surface area (Å²) in [5.41, 5.74) is 0. The van der Waals surface area contributed by atoms with Crippen molar-refractivity contribution in [3.8, 4) is 0 Å². The molecule has 0 spiro atoms. The van der Waals surface area contributed by atoms with Crippen LogP contribution in [0.1, 0.15) is 19.8 Å². The SMILES string of the molecule is C/C=C/C(=O)NC(CCC(=O)OC)C(=O)OC. The first-order chi connectivity index (χ1) is 8.04. The van der Waals surface area contributed by atoms with Crippen molar-refractivity contribution < 1.29 is 23.9 Å². The molecule has 17 heavy (non-hydrogen) atoms. The molecule has 0 fully saturated rings. The lowest BCUT2D eigenvalue weighted by Gasteiger charge is -2.14. The van der Waals surface area contributed by atoms with E-state index in [-0.39, 0.29) is 12.8 Å². The molecule has 1 N–H and O–H groups in total. The summed E-state index contributed by atoms with van der Waals surface area (Å²) >= 11 is 0. The van der Waals surface area contributed by atoms with Gasteiger partial charge in [0.25, 0.3) is 0 Å². The number of esters is 2. The van der Waals surface area contributed by atoms with E-state index in [0.29, 0.717) is 0 Å². The summed E-state index contributed by atoms with van der Waals surface area (Å²) in [6, 6.07) is -0.845. The van der Waals surface area contributed by atoms with E-state index >= 15 is 0 Å². The fourth-order valence-corrected chi connectivity index (χ4v) is 1.13. The first-order valence-corrected chi connectivity index (χ1v) is 5.13. The molecular weight excluding hydrogens is 226 g/mol. The summed E-state index contributed by atoms with van der Waals surface area (Å²) in [6.45, 7) is 1.68. The Kier molecular flexibility index (Phi) is 7.41. The molecule has 0 saturated carbocycles. The highest BCUT2D eigenvalue weighted by Gasteiger charge is 2.21. The van der Waals surface area contributed by atoms with Crippen LogP contribution in [0, 0.1) is 0 Å². The Hall–Kier alpha value is -1.85. The van der Waals surface area contributed by atoms with Crippen LogP contribution in [0.15, 0.2) is 12.2 Å². The second-order valence-corrected chi connectivity index (χ2v) is 3.20. The van der Waals surface area contributed by atoms with Crippen LogP contribution in [0.3, 0.4) is 0 Å². The maximum absolute atomic E-state index is 11.3. The topological polar surface area (TPSA) is 81.7 Å². The number of rotatable bonds is 6. The van der Waals surface area contributed by atoms with Gasteiger partial charge in [0.15, 0.2) is 0 Å². The van der Waals surface area contributed by atoms with Gasteiger partial charge in [0.1, 0.15) is 6.04 Å². The maximum atomic E-state index is 11.3. The Labute approximate surface area is 100.0 Å². The lowest BCUT2D eigenvalue weighted by atomic mass is 10.1. The molecule has 0 saturated heterocycles. The zero-order valence-corrected chi connectivity index (χ0v) is 10.2. The highest BCUT2D eigenvalue weighted by molar-refractivity contribution is 5.91. The van der Waals surface area contributed by atoms with Gasteiger partial charge in [-0.25, -0.2) is 4.79 Å². The van der Waals surface area contributed by atoms with Crippen LogP contribution in [-0.2, 0) is 23.9 Å². The predicted molar refractivity (Wildman–Crippen MR) is 60.0 cm³/mol. The van der Waals surface area contributed by atoms with Crippen LogP contribution in [0.5, 0.6) is 0 Å². The molecule has 0 aliphatic carbocycles. The third-order valence-corrected chi connectivity index (χ3v) is 1.99. The van der Waals surface area contributed by atoms with Crippen LogP contribution in [-0.4, -0.2) is 38.1 Å². The van der Waals surface area contributed by atoms with Crippen LogP contribution in [0.25, 0.3) is 0 Å². The van der Waals surface area contributed by atoms with Crippen LogP contribution >= 0.6 is 0 Å². The van der Waals surface area contributed by atoms with Crippen LogP contribution < -0.4 is 5.32 Å². The quantitative estimate of drug-likeness (QED) is 0.531. The molecule has 0 aromatic carbocycles. The van der Waals surface area contributed by atoms with Gasteiger partial charge < -0.3 is 14.8 Å². The van der Waals surface area contributed by atoms with Gasteiger partial charge in [0.2, 0.25) is 5.91 Å². The summed E-state index contributed by atoms with van der Waals surface area (Å²) in [5, 5.41) is 2.44. The molecular formula is C11H17NO5. The number of methoxy groups -OCH3 is 2. The molecule has 0 aromatic rings. The average molecular weight is 243 g/mol. The van der Waals surface area contributed by atoms with Crippen molar-refractivity contribution in [2.45, 2.75) is 25.8 Å². The fraction of sp³-hybridized carbons (Fsp3) is 0.545. The number of carbonyl (C=O) groups excluding carboxylic acids is 3. The minimum absolute atomic E-state index is 0.0341. The van der Waals surface area contributed by atoms with Crippen molar-refractivity contribution in [2.75, 3.05) is 14.2 Å². The molecule has 1 unspecified atom stereocenters.